The quantitative estimate of drug-likeness (QED) is 0.640. The monoisotopic (exact) mass is 367 g/mol. The second-order valence-corrected chi connectivity index (χ2v) is 7.16. The van der Waals surface area contributed by atoms with Crippen LogP contribution in [-0.4, -0.2) is 40.7 Å². The zero-order valence-corrected chi connectivity index (χ0v) is 17.4. The van der Waals surface area contributed by atoms with Gasteiger partial charge in [-0.1, -0.05) is 13.8 Å². The van der Waals surface area contributed by atoms with E-state index in [9.17, 15) is 0 Å². The lowest BCUT2D eigenvalue weighted by Gasteiger charge is -2.17. The third-order valence-electron chi connectivity index (χ3n) is 5.12. The molecule has 0 aliphatic carbocycles. The number of hydrogen-bond donors (Lipinski definition) is 0. The highest BCUT2D eigenvalue weighted by atomic mass is 16.5. The molecule has 6 heteroatoms. The van der Waals surface area contributed by atoms with Crippen molar-refractivity contribution >= 4 is 17.0 Å². The van der Waals surface area contributed by atoms with E-state index < -0.39 is 0 Å². The Balaban J connectivity index is 2.20. The molecule has 27 heavy (non-hydrogen) atoms. The van der Waals surface area contributed by atoms with Gasteiger partial charge in [0.1, 0.15) is 17.1 Å². The minimum Gasteiger partial charge on any atom is -0.496 e. The Morgan fingerprint density at radius 2 is 1.85 bits per heavy atom. The largest absolute Gasteiger partial charge is 0.496 e. The zero-order valence-electron chi connectivity index (χ0n) is 17.4. The average Bonchev–Trinajstić information content (AvgIpc) is 2.97. The second-order valence-electron chi connectivity index (χ2n) is 7.16. The van der Waals surface area contributed by atoms with E-state index in [4.69, 9.17) is 14.7 Å². The number of aromatic nitrogens is 4. The Labute approximate surface area is 161 Å². The van der Waals surface area contributed by atoms with E-state index in [0.717, 1.165) is 58.1 Å². The number of pyridine rings is 1. The average molecular weight is 367 g/mol. The van der Waals surface area contributed by atoms with Gasteiger partial charge in [0, 0.05) is 38.6 Å². The van der Waals surface area contributed by atoms with E-state index >= 15 is 0 Å². The fourth-order valence-electron chi connectivity index (χ4n) is 3.52. The standard InChI is InChI=1S/C21H29N5O/c1-8-15(9-2)26-12-13(3)19-21(26)23-14(4)20(24-19)16-11-22-18(25(5)6)10-17(16)27-7/h10-12,15H,8-9H2,1-7H3. The van der Waals surface area contributed by atoms with Gasteiger partial charge in [0.05, 0.1) is 24.1 Å². The molecular formula is C21H29N5O. The Bertz CT molecular complexity index is 957. The molecule has 0 bridgehead atoms. The molecule has 0 unspecified atom stereocenters. The number of rotatable bonds is 6. The van der Waals surface area contributed by atoms with Crippen LogP contribution in [0.3, 0.4) is 0 Å². The van der Waals surface area contributed by atoms with Gasteiger partial charge in [-0.25, -0.2) is 15.0 Å². The molecule has 3 aromatic rings. The number of aryl methyl sites for hydroxylation is 2. The summed E-state index contributed by atoms with van der Waals surface area (Å²) in [7, 11) is 5.60. The number of anilines is 1. The molecule has 3 heterocycles. The number of methoxy groups -OCH3 is 1. The Hall–Kier alpha value is -2.63. The predicted molar refractivity (Wildman–Crippen MR) is 111 cm³/mol. The fourth-order valence-corrected chi connectivity index (χ4v) is 3.52. The molecule has 0 aliphatic rings. The highest BCUT2D eigenvalue weighted by molar-refractivity contribution is 5.81. The first kappa shape index (κ1) is 19.1. The molecule has 0 fully saturated rings. The fraction of sp³-hybridized carbons (Fsp3) is 0.476. The first-order valence-corrected chi connectivity index (χ1v) is 9.48. The van der Waals surface area contributed by atoms with Gasteiger partial charge in [0.2, 0.25) is 0 Å². The Kier molecular flexibility index (Phi) is 5.35. The molecule has 0 radical (unpaired) electrons. The van der Waals surface area contributed by atoms with Gasteiger partial charge in [-0.15, -0.1) is 0 Å². The summed E-state index contributed by atoms with van der Waals surface area (Å²) >= 11 is 0. The van der Waals surface area contributed by atoms with Gasteiger partial charge < -0.3 is 14.2 Å². The van der Waals surface area contributed by atoms with Gasteiger partial charge in [-0.2, -0.15) is 0 Å². The molecule has 0 aliphatic heterocycles. The van der Waals surface area contributed by atoms with Crippen molar-refractivity contribution < 1.29 is 4.74 Å². The van der Waals surface area contributed by atoms with Gasteiger partial charge in [-0.05, 0) is 32.3 Å². The third-order valence-corrected chi connectivity index (χ3v) is 5.12. The molecule has 144 valence electrons. The number of fused-ring (bicyclic) bond motifs is 1. The van der Waals surface area contributed by atoms with Crippen LogP contribution in [0.25, 0.3) is 22.4 Å². The van der Waals surface area contributed by atoms with Crippen LogP contribution in [0.2, 0.25) is 0 Å². The van der Waals surface area contributed by atoms with Crippen LogP contribution in [0.4, 0.5) is 5.82 Å². The number of ether oxygens (including phenoxy) is 1. The summed E-state index contributed by atoms with van der Waals surface area (Å²) in [6.07, 6.45) is 6.15. The van der Waals surface area contributed by atoms with E-state index in [1.54, 1.807) is 7.11 Å². The first-order chi connectivity index (χ1) is 12.9. The maximum Gasteiger partial charge on any atom is 0.159 e. The first-order valence-electron chi connectivity index (χ1n) is 9.48. The van der Waals surface area contributed by atoms with Crippen molar-refractivity contribution in [1.82, 2.24) is 19.5 Å². The summed E-state index contributed by atoms with van der Waals surface area (Å²) < 4.78 is 7.90. The van der Waals surface area contributed by atoms with Crippen molar-refractivity contribution in [3.8, 4) is 17.0 Å². The van der Waals surface area contributed by atoms with Crippen LogP contribution >= 0.6 is 0 Å². The molecule has 0 aromatic carbocycles. The number of nitrogens with zero attached hydrogens (tertiary/aromatic N) is 5. The molecule has 3 aromatic heterocycles. The zero-order chi connectivity index (χ0) is 19.7. The molecule has 0 amide bonds. The van der Waals surface area contributed by atoms with Gasteiger partial charge in [0.25, 0.3) is 0 Å². The smallest absolute Gasteiger partial charge is 0.159 e. The van der Waals surface area contributed by atoms with E-state index in [2.05, 4.69) is 36.5 Å². The molecule has 0 atom stereocenters. The second kappa shape index (κ2) is 7.55. The molecule has 3 rings (SSSR count). The third kappa shape index (κ3) is 3.36. The minimum absolute atomic E-state index is 0.441. The lowest BCUT2D eigenvalue weighted by Crippen LogP contribution is -2.11. The molecule has 0 saturated carbocycles. The normalized spacial score (nSPS) is 11.4. The van der Waals surface area contributed by atoms with E-state index in [1.807, 2.05) is 38.2 Å². The van der Waals surface area contributed by atoms with Crippen LogP contribution < -0.4 is 9.64 Å². The van der Waals surface area contributed by atoms with Gasteiger partial charge in [0.15, 0.2) is 5.65 Å². The summed E-state index contributed by atoms with van der Waals surface area (Å²) in [6.45, 7) is 8.53. The highest BCUT2D eigenvalue weighted by Gasteiger charge is 2.19. The topological polar surface area (TPSA) is 56.1 Å². The Morgan fingerprint density at radius 1 is 1.15 bits per heavy atom. The summed E-state index contributed by atoms with van der Waals surface area (Å²) in [5.74, 6) is 1.60. The Morgan fingerprint density at radius 3 is 2.44 bits per heavy atom. The van der Waals surface area contributed by atoms with Crippen molar-refractivity contribution in [2.24, 2.45) is 0 Å². The SMILES string of the molecule is CCC(CC)n1cc(C)c2nc(-c3cnc(N(C)C)cc3OC)c(C)nc21. The maximum absolute atomic E-state index is 5.63. The molecular weight excluding hydrogens is 338 g/mol. The molecule has 6 nitrogen and oxygen atoms in total. The van der Waals surface area contributed by atoms with Gasteiger partial charge in [-0.3, -0.25) is 0 Å². The lowest BCUT2D eigenvalue weighted by molar-refractivity contribution is 0.416. The molecule has 0 saturated heterocycles. The summed E-state index contributed by atoms with van der Waals surface area (Å²) in [5, 5.41) is 0. The minimum atomic E-state index is 0.441. The van der Waals surface area contributed by atoms with Crippen molar-refractivity contribution in [1.29, 1.82) is 0 Å². The number of hydrogen-bond acceptors (Lipinski definition) is 5. The van der Waals surface area contributed by atoms with Crippen molar-refractivity contribution in [2.75, 3.05) is 26.1 Å². The van der Waals surface area contributed by atoms with E-state index in [1.165, 1.54) is 0 Å². The van der Waals surface area contributed by atoms with Crippen molar-refractivity contribution in [2.45, 2.75) is 46.6 Å². The van der Waals surface area contributed by atoms with Crippen LogP contribution in [-0.2, 0) is 0 Å². The van der Waals surface area contributed by atoms with Crippen LogP contribution in [0.15, 0.2) is 18.5 Å². The molecule has 0 N–H and O–H groups in total. The molecule has 0 spiro atoms. The van der Waals surface area contributed by atoms with Crippen LogP contribution in [0, 0.1) is 13.8 Å². The van der Waals surface area contributed by atoms with Crippen molar-refractivity contribution in [3.05, 3.63) is 29.7 Å². The van der Waals surface area contributed by atoms with Gasteiger partial charge >= 0.3 is 0 Å². The van der Waals surface area contributed by atoms with E-state index in [0.29, 0.717) is 6.04 Å². The lowest BCUT2D eigenvalue weighted by atomic mass is 10.1. The highest BCUT2D eigenvalue weighted by Crippen LogP contribution is 2.34. The summed E-state index contributed by atoms with van der Waals surface area (Å²) in [4.78, 5) is 16.4. The maximum atomic E-state index is 5.63. The van der Waals surface area contributed by atoms with Crippen LogP contribution in [0.1, 0.15) is 44.0 Å². The van der Waals surface area contributed by atoms with Crippen LogP contribution in [0.5, 0.6) is 5.75 Å². The summed E-state index contributed by atoms with van der Waals surface area (Å²) in [6, 6.07) is 2.37. The van der Waals surface area contributed by atoms with Crippen molar-refractivity contribution in [3.63, 3.8) is 0 Å². The van der Waals surface area contributed by atoms with E-state index in [-0.39, 0.29) is 0 Å². The predicted octanol–water partition coefficient (Wildman–Crippen LogP) is 4.55. The summed E-state index contributed by atoms with van der Waals surface area (Å²) in [5.41, 5.74) is 5.61.